The van der Waals surface area contributed by atoms with E-state index >= 15 is 0 Å². The van der Waals surface area contributed by atoms with Crippen LogP contribution in [-0.2, 0) is 4.79 Å². The molecular weight excluding hydrogens is 346 g/mol. The molecule has 1 atom stereocenters. The second-order valence-corrected chi connectivity index (χ2v) is 7.46. The number of para-hydroxylation sites is 1. The van der Waals surface area contributed by atoms with Crippen LogP contribution in [-0.4, -0.2) is 25.0 Å². The molecule has 1 aliphatic heterocycles. The maximum absolute atomic E-state index is 12.4. The van der Waals surface area contributed by atoms with Crippen molar-refractivity contribution in [3.05, 3.63) is 53.6 Å². The smallest absolute Gasteiger partial charge is 0.246 e. The van der Waals surface area contributed by atoms with Gasteiger partial charge in [0, 0.05) is 24.5 Å². The Morgan fingerprint density at radius 1 is 1.12 bits per heavy atom. The number of nitrogens with one attached hydrogen (secondary N) is 2. The van der Waals surface area contributed by atoms with E-state index in [1.807, 2.05) is 31.2 Å². The number of rotatable bonds is 5. The van der Waals surface area contributed by atoms with Gasteiger partial charge in [0.25, 0.3) is 0 Å². The molecule has 1 aliphatic rings. The van der Waals surface area contributed by atoms with E-state index in [4.69, 9.17) is 11.6 Å². The van der Waals surface area contributed by atoms with Crippen molar-refractivity contribution in [2.75, 3.05) is 28.6 Å². The lowest BCUT2D eigenvalue weighted by molar-refractivity contribution is -0.116. The van der Waals surface area contributed by atoms with Gasteiger partial charge in [-0.25, -0.2) is 0 Å². The summed E-state index contributed by atoms with van der Waals surface area (Å²) < 4.78 is 0. The number of amides is 1. The number of hydrogen-bond donors (Lipinski definition) is 2. The molecule has 1 fully saturated rings. The van der Waals surface area contributed by atoms with Crippen LogP contribution < -0.4 is 15.5 Å². The SMILES string of the molecule is CC1CCN(c2ccc(NC(C)C(=O)Nc3ccccc3Cl)cc2)CC1. The third-order valence-corrected chi connectivity index (χ3v) is 5.25. The number of carbonyl (C=O) groups excluding carboxylic acids is 1. The summed E-state index contributed by atoms with van der Waals surface area (Å²) in [5.74, 6) is 0.705. The summed E-state index contributed by atoms with van der Waals surface area (Å²) in [5, 5.41) is 6.64. The molecule has 0 spiro atoms. The first kappa shape index (κ1) is 18.6. The molecule has 138 valence electrons. The number of nitrogens with zero attached hydrogens (tertiary/aromatic N) is 1. The van der Waals surface area contributed by atoms with Crippen LogP contribution in [0.5, 0.6) is 0 Å². The summed E-state index contributed by atoms with van der Waals surface area (Å²) in [5.41, 5.74) is 2.80. The minimum Gasteiger partial charge on any atom is -0.374 e. The Bertz CT molecular complexity index is 739. The second kappa shape index (κ2) is 8.45. The van der Waals surface area contributed by atoms with Crippen molar-refractivity contribution < 1.29 is 4.79 Å². The predicted molar refractivity (Wildman–Crippen MR) is 110 cm³/mol. The zero-order valence-corrected chi connectivity index (χ0v) is 16.1. The second-order valence-electron chi connectivity index (χ2n) is 7.05. The monoisotopic (exact) mass is 371 g/mol. The number of benzene rings is 2. The van der Waals surface area contributed by atoms with Crippen molar-refractivity contribution in [1.82, 2.24) is 0 Å². The average Bonchev–Trinajstić information content (AvgIpc) is 2.65. The molecule has 5 heteroatoms. The van der Waals surface area contributed by atoms with Gasteiger partial charge in [0.2, 0.25) is 5.91 Å². The van der Waals surface area contributed by atoms with Gasteiger partial charge in [-0.15, -0.1) is 0 Å². The minimum absolute atomic E-state index is 0.118. The molecule has 0 aromatic heterocycles. The maximum atomic E-state index is 12.4. The van der Waals surface area contributed by atoms with Gasteiger partial charge < -0.3 is 15.5 Å². The molecule has 2 aromatic carbocycles. The molecule has 0 bridgehead atoms. The molecule has 2 N–H and O–H groups in total. The van der Waals surface area contributed by atoms with Gasteiger partial charge in [-0.1, -0.05) is 30.7 Å². The van der Waals surface area contributed by atoms with E-state index in [2.05, 4.69) is 34.6 Å². The molecule has 1 heterocycles. The standard InChI is InChI=1S/C21H26ClN3O/c1-15-11-13-25(14-12-15)18-9-7-17(8-10-18)23-16(2)21(26)24-20-6-4-3-5-19(20)22/h3-10,15-16,23H,11-14H2,1-2H3,(H,24,26). The summed E-state index contributed by atoms with van der Waals surface area (Å²) in [4.78, 5) is 14.8. The van der Waals surface area contributed by atoms with Crippen molar-refractivity contribution in [2.24, 2.45) is 5.92 Å². The van der Waals surface area contributed by atoms with Crippen LogP contribution in [0.2, 0.25) is 5.02 Å². The highest BCUT2D eigenvalue weighted by Gasteiger charge is 2.17. The number of piperidine rings is 1. The van der Waals surface area contributed by atoms with Crippen LogP contribution in [0.4, 0.5) is 17.1 Å². The summed E-state index contributed by atoms with van der Waals surface area (Å²) in [6.07, 6.45) is 2.50. The van der Waals surface area contributed by atoms with Gasteiger partial charge in [0.15, 0.2) is 0 Å². The molecule has 0 saturated carbocycles. The Balaban J connectivity index is 1.56. The van der Waals surface area contributed by atoms with Crippen LogP contribution in [0.25, 0.3) is 0 Å². The van der Waals surface area contributed by atoms with E-state index in [1.165, 1.54) is 18.5 Å². The molecule has 1 unspecified atom stereocenters. The van der Waals surface area contributed by atoms with E-state index < -0.39 is 0 Å². The molecule has 2 aromatic rings. The van der Waals surface area contributed by atoms with Gasteiger partial charge >= 0.3 is 0 Å². The average molecular weight is 372 g/mol. The molecular formula is C21H26ClN3O. The summed E-state index contributed by atoms with van der Waals surface area (Å²) in [6, 6.07) is 15.2. The quantitative estimate of drug-likeness (QED) is 0.776. The zero-order chi connectivity index (χ0) is 18.5. The Kier molecular flexibility index (Phi) is 6.04. The molecule has 1 amide bonds. The number of hydrogen-bond acceptors (Lipinski definition) is 3. The van der Waals surface area contributed by atoms with Gasteiger partial charge in [0.1, 0.15) is 6.04 Å². The van der Waals surface area contributed by atoms with Gasteiger partial charge in [0.05, 0.1) is 10.7 Å². The van der Waals surface area contributed by atoms with E-state index in [-0.39, 0.29) is 11.9 Å². The lowest BCUT2D eigenvalue weighted by atomic mass is 9.99. The van der Waals surface area contributed by atoms with Crippen molar-refractivity contribution in [1.29, 1.82) is 0 Å². The minimum atomic E-state index is -0.368. The Hall–Kier alpha value is -2.20. The fraction of sp³-hybridized carbons (Fsp3) is 0.381. The van der Waals surface area contributed by atoms with Crippen molar-refractivity contribution >= 4 is 34.6 Å². The first-order valence-electron chi connectivity index (χ1n) is 9.20. The lowest BCUT2D eigenvalue weighted by Crippen LogP contribution is -2.33. The topological polar surface area (TPSA) is 44.4 Å². The van der Waals surface area contributed by atoms with E-state index in [0.29, 0.717) is 10.7 Å². The molecule has 0 radical (unpaired) electrons. The molecule has 0 aliphatic carbocycles. The highest BCUT2D eigenvalue weighted by molar-refractivity contribution is 6.33. The Morgan fingerprint density at radius 2 is 1.77 bits per heavy atom. The zero-order valence-electron chi connectivity index (χ0n) is 15.3. The highest BCUT2D eigenvalue weighted by atomic mass is 35.5. The summed E-state index contributed by atoms with van der Waals surface area (Å²) in [6.45, 7) is 6.39. The van der Waals surface area contributed by atoms with Gasteiger partial charge in [-0.2, -0.15) is 0 Å². The van der Waals surface area contributed by atoms with Crippen molar-refractivity contribution in [2.45, 2.75) is 32.7 Å². The highest BCUT2D eigenvalue weighted by Crippen LogP contribution is 2.25. The fourth-order valence-electron chi connectivity index (χ4n) is 3.15. The van der Waals surface area contributed by atoms with Crippen LogP contribution in [0.1, 0.15) is 26.7 Å². The molecule has 3 rings (SSSR count). The van der Waals surface area contributed by atoms with Gasteiger partial charge in [-0.05, 0) is 62.1 Å². The Labute approximate surface area is 160 Å². The third-order valence-electron chi connectivity index (χ3n) is 4.92. The van der Waals surface area contributed by atoms with Crippen molar-refractivity contribution in [3.8, 4) is 0 Å². The predicted octanol–water partition coefficient (Wildman–Crippen LogP) is 5.02. The first-order chi connectivity index (χ1) is 12.5. The number of carbonyl (C=O) groups is 1. The lowest BCUT2D eigenvalue weighted by Gasteiger charge is -2.32. The fourth-order valence-corrected chi connectivity index (χ4v) is 3.34. The third kappa shape index (κ3) is 4.70. The van der Waals surface area contributed by atoms with E-state index in [9.17, 15) is 4.79 Å². The number of halogens is 1. The van der Waals surface area contributed by atoms with Crippen LogP contribution in [0.3, 0.4) is 0 Å². The van der Waals surface area contributed by atoms with E-state index in [0.717, 1.165) is 24.7 Å². The van der Waals surface area contributed by atoms with Crippen LogP contribution in [0, 0.1) is 5.92 Å². The maximum Gasteiger partial charge on any atom is 0.246 e. The van der Waals surface area contributed by atoms with Gasteiger partial charge in [-0.3, -0.25) is 4.79 Å². The Morgan fingerprint density at radius 3 is 2.42 bits per heavy atom. The number of anilines is 3. The molecule has 26 heavy (non-hydrogen) atoms. The van der Waals surface area contributed by atoms with Crippen LogP contribution in [0.15, 0.2) is 48.5 Å². The largest absolute Gasteiger partial charge is 0.374 e. The molecule has 1 saturated heterocycles. The van der Waals surface area contributed by atoms with Crippen molar-refractivity contribution in [3.63, 3.8) is 0 Å². The first-order valence-corrected chi connectivity index (χ1v) is 9.57. The van der Waals surface area contributed by atoms with E-state index in [1.54, 1.807) is 12.1 Å². The molecule has 4 nitrogen and oxygen atoms in total. The van der Waals surface area contributed by atoms with Crippen LogP contribution >= 0.6 is 11.6 Å². The summed E-state index contributed by atoms with van der Waals surface area (Å²) in [7, 11) is 0. The normalized spacial score (nSPS) is 16.2. The summed E-state index contributed by atoms with van der Waals surface area (Å²) >= 11 is 6.09.